The van der Waals surface area contributed by atoms with Gasteiger partial charge in [-0.05, 0) is 30.5 Å². The molecule has 0 bridgehead atoms. The lowest BCUT2D eigenvalue weighted by atomic mass is 10.0. The molecule has 1 aromatic heterocycles. The molecule has 0 spiro atoms. The lowest BCUT2D eigenvalue weighted by Gasteiger charge is -2.26. The molecule has 1 aliphatic heterocycles. The Morgan fingerprint density at radius 1 is 1.12 bits per heavy atom. The van der Waals surface area contributed by atoms with Crippen molar-refractivity contribution in [3.63, 3.8) is 0 Å². The summed E-state index contributed by atoms with van der Waals surface area (Å²) in [6.07, 6.45) is 5.93. The number of halogens is 2. The molecule has 0 unspecified atom stereocenters. The summed E-state index contributed by atoms with van der Waals surface area (Å²) in [6, 6.07) is 5.72. The van der Waals surface area contributed by atoms with Crippen molar-refractivity contribution in [2.24, 2.45) is 0 Å². The largest absolute Gasteiger partial charge is 0.378 e. The van der Waals surface area contributed by atoms with Crippen LogP contribution in [0.3, 0.4) is 0 Å². The van der Waals surface area contributed by atoms with E-state index in [0.717, 1.165) is 61.2 Å². The third-order valence-electron chi connectivity index (χ3n) is 4.81. The summed E-state index contributed by atoms with van der Waals surface area (Å²) in [5, 5.41) is 5.00. The number of ether oxygens (including phenoxy) is 1. The van der Waals surface area contributed by atoms with E-state index in [4.69, 9.17) is 27.9 Å². The molecule has 1 saturated carbocycles. The predicted octanol–water partition coefficient (Wildman–Crippen LogP) is 3.40. The standard InChI is InChI=1S/C18H20Cl2N4O/c19-14-1-2-15(16(20)9-14)18(3-4-18)23-12-13-10-21-17(22-11-13)24-5-7-25-8-6-24/h1-2,9-11,23H,3-8,12H2. The van der Waals surface area contributed by atoms with Crippen LogP contribution in [0.1, 0.15) is 24.0 Å². The number of anilines is 1. The highest BCUT2D eigenvalue weighted by Crippen LogP contribution is 2.48. The van der Waals surface area contributed by atoms with Crippen LogP contribution in [0, 0.1) is 0 Å². The Balaban J connectivity index is 1.41. The smallest absolute Gasteiger partial charge is 0.225 e. The molecule has 1 saturated heterocycles. The van der Waals surface area contributed by atoms with E-state index >= 15 is 0 Å². The molecule has 0 amide bonds. The van der Waals surface area contributed by atoms with Crippen LogP contribution in [0.4, 0.5) is 5.95 Å². The van der Waals surface area contributed by atoms with Crippen LogP contribution < -0.4 is 10.2 Å². The minimum absolute atomic E-state index is 0.0510. The highest BCUT2D eigenvalue weighted by atomic mass is 35.5. The number of rotatable bonds is 5. The van der Waals surface area contributed by atoms with E-state index in [1.807, 2.05) is 24.5 Å². The minimum atomic E-state index is -0.0510. The maximum absolute atomic E-state index is 6.38. The first-order valence-electron chi connectivity index (χ1n) is 8.50. The molecule has 25 heavy (non-hydrogen) atoms. The number of nitrogens with zero attached hydrogens (tertiary/aromatic N) is 3. The van der Waals surface area contributed by atoms with Gasteiger partial charge >= 0.3 is 0 Å². The molecule has 5 nitrogen and oxygen atoms in total. The Kier molecular flexibility index (Phi) is 4.82. The number of morpholine rings is 1. The van der Waals surface area contributed by atoms with Crippen molar-refractivity contribution in [1.82, 2.24) is 15.3 Å². The second-order valence-electron chi connectivity index (χ2n) is 6.55. The molecule has 1 N–H and O–H groups in total. The van der Waals surface area contributed by atoms with Crippen LogP contribution in [-0.4, -0.2) is 36.3 Å². The quantitative estimate of drug-likeness (QED) is 0.863. The van der Waals surface area contributed by atoms with Crippen LogP contribution in [-0.2, 0) is 16.8 Å². The molecule has 0 atom stereocenters. The van der Waals surface area contributed by atoms with Gasteiger partial charge in [0.1, 0.15) is 0 Å². The van der Waals surface area contributed by atoms with Crippen molar-refractivity contribution < 1.29 is 4.74 Å². The van der Waals surface area contributed by atoms with Crippen LogP contribution in [0.2, 0.25) is 10.0 Å². The summed E-state index contributed by atoms with van der Waals surface area (Å²) in [5.74, 6) is 0.772. The van der Waals surface area contributed by atoms with Gasteiger partial charge in [-0.25, -0.2) is 9.97 Å². The van der Waals surface area contributed by atoms with Gasteiger partial charge in [0, 0.05) is 53.2 Å². The second kappa shape index (κ2) is 7.08. The number of benzene rings is 1. The molecular formula is C18H20Cl2N4O. The fourth-order valence-electron chi connectivity index (χ4n) is 3.18. The Labute approximate surface area is 157 Å². The third kappa shape index (κ3) is 3.75. The molecule has 2 aromatic rings. The fraction of sp³-hybridized carbons (Fsp3) is 0.444. The molecule has 132 valence electrons. The van der Waals surface area contributed by atoms with Gasteiger partial charge in [0.2, 0.25) is 5.95 Å². The Morgan fingerprint density at radius 2 is 1.84 bits per heavy atom. The van der Waals surface area contributed by atoms with Crippen LogP contribution >= 0.6 is 23.2 Å². The van der Waals surface area contributed by atoms with E-state index in [9.17, 15) is 0 Å². The summed E-state index contributed by atoms with van der Waals surface area (Å²) < 4.78 is 5.36. The molecule has 2 heterocycles. The van der Waals surface area contributed by atoms with Gasteiger partial charge in [0.05, 0.1) is 13.2 Å². The van der Waals surface area contributed by atoms with Gasteiger partial charge in [0.25, 0.3) is 0 Å². The summed E-state index contributed by atoms with van der Waals surface area (Å²) in [6.45, 7) is 3.86. The molecule has 2 fully saturated rings. The van der Waals surface area contributed by atoms with Crippen LogP contribution in [0.15, 0.2) is 30.6 Å². The minimum Gasteiger partial charge on any atom is -0.378 e. The van der Waals surface area contributed by atoms with Crippen molar-refractivity contribution in [2.45, 2.75) is 24.9 Å². The average molecular weight is 379 g/mol. The van der Waals surface area contributed by atoms with E-state index in [2.05, 4.69) is 20.2 Å². The first kappa shape index (κ1) is 17.0. The van der Waals surface area contributed by atoms with E-state index in [-0.39, 0.29) is 5.54 Å². The van der Waals surface area contributed by atoms with Crippen LogP contribution in [0.25, 0.3) is 0 Å². The number of nitrogens with one attached hydrogen (secondary N) is 1. The number of hydrogen-bond acceptors (Lipinski definition) is 5. The van der Waals surface area contributed by atoms with Crippen molar-refractivity contribution >= 4 is 29.2 Å². The summed E-state index contributed by atoms with van der Waals surface area (Å²) in [7, 11) is 0. The van der Waals surface area contributed by atoms with Crippen molar-refractivity contribution in [1.29, 1.82) is 0 Å². The van der Waals surface area contributed by atoms with E-state index < -0.39 is 0 Å². The van der Waals surface area contributed by atoms with Gasteiger partial charge in [-0.1, -0.05) is 29.3 Å². The maximum Gasteiger partial charge on any atom is 0.225 e. The maximum atomic E-state index is 6.38. The predicted molar refractivity (Wildman–Crippen MR) is 99.3 cm³/mol. The van der Waals surface area contributed by atoms with Crippen molar-refractivity contribution in [2.75, 3.05) is 31.2 Å². The zero-order valence-corrected chi connectivity index (χ0v) is 15.4. The fourth-order valence-corrected chi connectivity index (χ4v) is 3.77. The number of hydrogen-bond donors (Lipinski definition) is 1. The highest BCUT2D eigenvalue weighted by Gasteiger charge is 2.45. The molecule has 2 aliphatic rings. The van der Waals surface area contributed by atoms with E-state index in [1.54, 1.807) is 6.07 Å². The lowest BCUT2D eigenvalue weighted by molar-refractivity contribution is 0.122. The van der Waals surface area contributed by atoms with Gasteiger partial charge in [-0.2, -0.15) is 0 Å². The Bertz CT molecular complexity index is 743. The molecule has 1 aromatic carbocycles. The van der Waals surface area contributed by atoms with E-state index in [0.29, 0.717) is 11.6 Å². The van der Waals surface area contributed by atoms with Crippen molar-refractivity contribution in [3.05, 3.63) is 51.8 Å². The molecule has 7 heteroatoms. The SMILES string of the molecule is Clc1ccc(C2(NCc3cnc(N4CCOCC4)nc3)CC2)c(Cl)c1. The van der Waals surface area contributed by atoms with Gasteiger partial charge in [-0.15, -0.1) is 0 Å². The summed E-state index contributed by atoms with van der Waals surface area (Å²) in [4.78, 5) is 11.2. The highest BCUT2D eigenvalue weighted by molar-refractivity contribution is 6.35. The zero-order valence-electron chi connectivity index (χ0n) is 13.8. The normalized spacial score (nSPS) is 19.0. The van der Waals surface area contributed by atoms with Gasteiger partial charge in [0.15, 0.2) is 0 Å². The van der Waals surface area contributed by atoms with E-state index in [1.165, 1.54) is 0 Å². The first-order chi connectivity index (χ1) is 12.2. The summed E-state index contributed by atoms with van der Waals surface area (Å²) in [5.41, 5.74) is 2.13. The topological polar surface area (TPSA) is 50.3 Å². The lowest BCUT2D eigenvalue weighted by Crippen LogP contribution is -2.37. The molecular weight excluding hydrogens is 359 g/mol. The Morgan fingerprint density at radius 3 is 2.48 bits per heavy atom. The molecule has 0 radical (unpaired) electrons. The zero-order chi connectivity index (χ0) is 17.3. The number of aromatic nitrogens is 2. The first-order valence-corrected chi connectivity index (χ1v) is 9.26. The van der Waals surface area contributed by atoms with Gasteiger partial charge < -0.3 is 15.0 Å². The second-order valence-corrected chi connectivity index (χ2v) is 7.39. The van der Waals surface area contributed by atoms with Crippen molar-refractivity contribution in [3.8, 4) is 0 Å². The van der Waals surface area contributed by atoms with Crippen LogP contribution in [0.5, 0.6) is 0 Å². The average Bonchev–Trinajstić information content (AvgIpc) is 3.42. The Hall–Kier alpha value is -1.40. The molecule has 4 rings (SSSR count). The third-order valence-corrected chi connectivity index (χ3v) is 5.36. The van der Waals surface area contributed by atoms with Gasteiger partial charge in [-0.3, -0.25) is 0 Å². The monoisotopic (exact) mass is 378 g/mol. The summed E-state index contributed by atoms with van der Waals surface area (Å²) >= 11 is 12.4. The molecule has 1 aliphatic carbocycles.